The van der Waals surface area contributed by atoms with E-state index in [9.17, 15) is 0 Å². The second-order valence-electron chi connectivity index (χ2n) is 4.58. The summed E-state index contributed by atoms with van der Waals surface area (Å²) in [7, 11) is 0. The molecule has 2 aliphatic rings. The molecule has 0 radical (unpaired) electrons. The molecule has 2 heteroatoms. The Hall–Kier alpha value is -0.0800. The maximum atomic E-state index is 6.13. The van der Waals surface area contributed by atoms with Gasteiger partial charge in [-0.25, -0.2) is 0 Å². The van der Waals surface area contributed by atoms with E-state index >= 15 is 0 Å². The second-order valence-corrected chi connectivity index (χ2v) is 4.58. The maximum Gasteiger partial charge on any atom is 0.0660 e. The highest BCUT2D eigenvalue weighted by atomic mass is 16.5. The molecule has 0 bridgehead atoms. The fourth-order valence-electron chi connectivity index (χ4n) is 3.12. The molecule has 0 heterocycles. The summed E-state index contributed by atoms with van der Waals surface area (Å²) in [5.41, 5.74) is 6.51. The molecule has 0 amide bonds. The van der Waals surface area contributed by atoms with Crippen molar-refractivity contribution < 1.29 is 4.74 Å². The summed E-state index contributed by atoms with van der Waals surface area (Å²) in [6.45, 7) is 2.93. The Kier molecular flexibility index (Phi) is 2.61. The normalized spacial score (nSPS) is 37.4. The molecular formula is C11H21NO. The first-order valence-electron chi connectivity index (χ1n) is 5.67. The van der Waals surface area contributed by atoms with E-state index in [-0.39, 0.29) is 0 Å². The van der Waals surface area contributed by atoms with E-state index in [1.165, 1.54) is 32.1 Å². The lowest BCUT2D eigenvalue weighted by molar-refractivity contribution is -0.140. The van der Waals surface area contributed by atoms with E-state index in [4.69, 9.17) is 10.5 Å². The summed E-state index contributed by atoms with van der Waals surface area (Å²) in [6.07, 6.45) is 8.29. The molecule has 2 rings (SSSR count). The van der Waals surface area contributed by atoms with E-state index in [0.29, 0.717) is 17.6 Å². The van der Waals surface area contributed by atoms with Gasteiger partial charge in [-0.3, -0.25) is 0 Å². The molecule has 2 aliphatic carbocycles. The maximum absolute atomic E-state index is 6.13. The third-order valence-corrected chi connectivity index (χ3v) is 4.00. The first kappa shape index (κ1) is 9.47. The number of ether oxygens (including phenoxy) is 1. The summed E-state index contributed by atoms with van der Waals surface area (Å²) in [5.74, 6) is 0. The average Bonchev–Trinajstić information content (AvgIpc) is 2.19. The van der Waals surface area contributed by atoms with Crippen LogP contribution in [0.25, 0.3) is 0 Å². The van der Waals surface area contributed by atoms with Gasteiger partial charge in [0, 0.05) is 18.1 Å². The summed E-state index contributed by atoms with van der Waals surface area (Å²) >= 11 is 0. The minimum Gasteiger partial charge on any atom is -0.378 e. The van der Waals surface area contributed by atoms with Crippen LogP contribution in [0.1, 0.15) is 45.4 Å². The van der Waals surface area contributed by atoms with Crippen LogP contribution in [0.5, 0.6) is 0 Å². The first-order chi connectivity index (χ1) is 6.29. The van der Waals surface area contributed by atoms with Crippen LogP contribution in [-0.4, -0.2) is 18.8 Å². The van der Waals surface area contributed by atoms with Gasteiger partial charge in [0.05, 0.1) is 6.10 Å². The summed E-state index contributed by atoms with van der Waals surface area (Å²) in [5, 5.41) is 0. The molecule has 0 unspecified atom stereocenters. The standard InChI is InChI=1S/C11H21NO/c1-2-13-10-8-9(12)11(10)6-4-3-5-7-11/h9-10H,2-8,12H2,1H3/t9-,10-/m0/s1. The Balaban J connectivity index is 1.99. The van der Waals surface area contributed by atoms with E-state index in [1.54, 1.807) is 0 Å². The van der Waals surface area contributed by atoms with Crippen molar-refractivity contribution in [2.75, 3.05) is 6.61 Å². The highest BCUT2D eigenvalue weighted by Crippen LogP contribution is 2.52. The minimum atomic E-state index is 0.383. The van der Waals surface area contributed by atoms with Gasteiger partial charge >= 0.3 is 0 Å². The summed E-state index contributed by atoms with van der Waals surface area (Å²) in [4.78, 5) is 0. The van der Waals surface area contributed by atoms with Crippen LogP contribution in [0.2, 0.25) is 0 Å². The lowest BCUT2D eigenvalue weighted by atomic mass is 9.55. The van der Waals surface area contributed by atoms with Crippen molar-refractivity contribution in [2.24, 2.45) is 11.1 Å². The Morgan fingerprint density at radius 1 is 1.31 bits per heavy atom. The quantitative estimate of drug-likeness (QED) is 0.711. The first-order valence-corrected chi connectivity index (χ1v) is 5.67. The zero-order chi connectivity index (χ0) is 9.31. The van der Waals surface area contributed by atoms with E-state index in [2.05, 4.69) is 6.92 Å². The van der Waals surface area contributed by atoms with E-state index < -0.39 is 0 Å². The number of hydrogen-bond acceptors (Lipinski definition) is 2. The molecular weight excluding hydrogens is 162 g/mol. The van der Waals surface area contributed by atoms with Gasteiger partial charge in [-0.05, 0) is 26.2 Å². The van der Waals surface area contributed by atoms with Gasteiger partial charge in [-0.2, -0.15) is 0 Å². The van der Waals surface area contributed by atoms with Crippen LogP contribution < -0.4 is 5.73 Å². The van der Waals surface area contributed by atoms with Gasteiger partial charge in [0.2, 0.25) is 0 Å². The van der Waals surface area contributed by atoms with Crippen LogP contribution in [0, 0.1) is 5.41 Å². The van der Waals surface area contributed by atoms with Crippen molar-refractivity contribution in [1.29, 1.82) is 0 Å². The molecule has 0 saturated heterocycles. The summed E-state index contributed by atoms with van der Waals surface area (Å²) < 4.78 is 5.76. The predicted octanol–water partition coefficient (Wildman–Crippen LogP) is 2.07. The van der Waals surface area contributed by atoms with Gasteiger partial charge in [0.25, 0.3) is 0 Å². The number of rotatable bonds is 2. The topological polar surface area (TPSA) is 35.2 Å². The Labute approximate surface area is 80.8 Å². The molecule has 13 heavy (non-hydrogen) atoms. The minimum absolute atomic E-state index is 0.383. The summed E-state index contributed by atoms with van der Waals surface area (Å²) in [6, 6.07) is 0.421. The zero-order valence-corrected chi connectivity index (χ0v) is 8.59. The number of nitrogens with two attached hydrogens (primary N) is 1. The molecule has 2 nitrogen and oxygen atoms in total. The fraction of sp³-hybridized carbons (Fsp3) is 1.00. The van der Waals surface area contributed by atoms with Crippen LogP contribution in [0.15, 0.2) is 0 Å². The van der Waals surface area contributed by atoms with Gasteiger partial charge in [-0.15, -0.1) is 0 Å². The largest absolute Gasteiger partial charge is 0.378 e. The third-order valence-electron chi connectivity index (χ3n) is 4.00. The van der Waals surface area contributed by atoms with Crippen LogP contribution in [-0.2, 0) is 4.74 Å². The highest BCUT2D eigenvalue weighted by molar-refractivity contribution is 5.07. The molecule has 2 N–H and O–H groups in total. The van der Waals surface area contributed by atoms with Crippen molar-refractivity contribution in [3.8, 4) is 0 Å². The third kappa shape index (κ3) is 1.40. The lowest BCUT2D eigenvalue weighted by Crippen LogP contribution is -2.62. The molecule has 1 spiro atoms. The predicted molar refractivity (Wildman–Crippen MR) is 53.5 cm³/mol. The zero-order valence-electron chi connectivity index (χ0n) is 8.59. The Morgan fingerprint density at radius 3 is 2.54 bits per heavy atom. The second kappa shape index (κ2) is 3.58. The van der Waals surface area contributed by atoms with Crippen LogP contribution >= 0.6 is 0 Å². The highest BCUT2D eigenvalue weighted by Gasteiger charge is 2.53. The number of hydrogen-bond donors (Lipinski definition) is 1. The molecule has 76 valence electrons. The SMILES string of the molecule is CCO[C@H]1C[C@H](N)C12CCCCC2. The molecule has 0 aromatic rings. The average molecular weight is 183 g/mol. The van der Waals surface area contributed by atoms with Crippen molar-refractivity contribution >= 4 is 0 Å². The fourth-order valence-corrected chi connectivity index (χ4v) is 3.12. The molecule has 2 fully saturated rings. The Bertz CT molecular complexity index is 173. The van der Waals surface area contributed by atoms with E-state index in [0.717, 1.165) is 13.0 Å². The monoisotopic (exact) mass is 183 g/mol. The van der Waals surface area contributed by atoms with Gasteiger partial charge in [0.15, 0.2) is 0 Å². The smallest absolute Gasteiger partial charge is 0.0660 e. The van der Waals surface area contributed by atoms with Crippen molar-refractivity contribution in [3.63, 3.8) is 0 Å². The molecule has 0 aromatic heterocycles. The molecule has 0 aromatic carbocycles. The van der Waals surface area contributed by atoms with Crippen LogP contribution in [0.3, 0.4) is 0 Å². The molecule has 0 aliphatic heterocycles. The Morgan fingerprint density at radius 2 is 2.00 bits per heavy atom. The van der Waals surface area contributed by atoms with Crippen molar-refractivity contribution in [2.45, 2.75) is 57.6 Å². The van der Waals surface area contributed by atoms with Gasteiger partial charge in [-0.1, -0.05) is 19.3 Å². The van der Waals surface area contributed by atoms with Gasteiger partial charge < -0.3 is 10.5 Å². The van der Waals surface area contributed by atoms with Crippen molar-refractivity contribution in [3.05, 3.63) is 0 Å². The lowest BCUT2D eigenvalue weighted by Gasteiger charge is -2.56. The molecule has 2 atom stereocenters. The molecule has 2 saturated carbocycles. The van der Waals surface area contributed by atoms with E-state index in [1.807, 2.05) is 0 Å². The van der Waals surface area contributed by atoms with Crippen molar-refractivity contribution in [1.82, 2.24) is 0 Å². The van der Waals surface area contributed by atoms with Gasteiger partial charge in [0.1, 0.15) is 0 Å². The van der Waals surface area contributed by atoms with Crippen LogP contribution in [0.4, 0.5) is 0 Å².